The lowest BCUT2D eigenvalue weighted by Gasteiger charge is -2.09. The highest BCUT2D eigenvalue weighted by molar-refractivity contribution is 5.47. The highest BCUT2D eigenvalue weighted by Gasteiger charge is 2.05. The Morgan fingerprint density at radius 1 is 1.31 bits per heavy atom. The summed E-state index contributed by atoms with van der Waals surface area (Å²) in [5, 5.41) is 2.01. The van der Waals surface area contributed by atoms with Crippen molar-refractivity contribution in [3.8, 4) is 11.5 Å². The first-order valence-electron chi connectivity index (χ1n) is 5.55. The van der Waals surface area contributed by atoms with E-state index in [1.807, 2.05) is 12.1 Å². The Kier molecular flexibility index (Phi) is 4.41. The summed E-state index contributed by atoms with van der Waals surface area (Å²) in [4.78, 5) is 0. The second-order valence-corrected chi connectivity index (χ2v) is 3.93. The van der Waals surface area contributed by atoms with Crippen LogP contribution in [0, 0.1) is 5.92 Å². The monoisotopic (exact) mass is 220 g/mol. The van der Waals surface area contributed by atoms with Crippen molar-refractivity contribution in [1.82, 2.24) is 0 Å². The molecule has 0 saturated heterocycles. The van der Waals surface area contributed by atoms with E-state index in [1.165, 1.54) is 0 Å². The maximum absolute atomic E-state index is 5.40. The number of benzene rings is 1. The highest BCUT2D eigenvalue weighted by atomic mass is 16.5. The Balaban J connectivity index is 3.46. The van der Waals surface area contributed by atoms with Crippen LogP contribution in [-0.2, 0) is 0 Å². The van der Waals surface area contributed by atoms with Crippen LogP contribution in [0.25, 0.3) is 12.7 Å². The molecule has 0 radical (unpaired) electrons. The van der Waals surface area contributed by atoms with Crippen LogP contribution in [0.2, 0.25) is 0 Å². The number of ether oxygens (including phenoxy) is 2. The number of hydrogen-bond acceptors (Lipinski definition) is 2. The van der Waals surface area contributed by atoms with Gasteiger partial charge in [-0.1, -0.05) is 39.0 Å². The molecule has 0 bridgehead atoms. The van der Waals surface area contributed by atoms with Crippen molar-refractivity contribution in [1.29, 1.82) is 0 Å². The highest BCUT2D eigenvalue weighted by Crippen LogP contribution is 2.20. The lowest BCUT2D eigenvalue weighted by atomic mass is 10.1. The SMILES string of the molecule is C=c1ccc(OC)c(OC)c1=CC(C)CC. The van der Waals surface area contributed by atoms with Crippen LogP contribution in [0.5, 0.6) is 11.5 Å². The van der Waals surface area contributed by atoms with Crippen LogP contribution in [0.15, 0.2) is 12.1 Å². The predicted octanol–water partition coefficient (Wildman–Crippen LogP) is 1.94. The molecule has 2 nitrogen and oxygen atoms in total. The molecule has 0 amide bonds. The van der Waals surface area contributed by atoms with Gasteiger partial charge in [-0.2, -0.15) is 0 Å². The average Bonchev–Trinajstić information content (AvgIpc) is 2.31. The first-order valence-corrected chi connectivity index (χ1v) is 5.55. The molecule has 0 fully saturated rings. The van der Waals surface area contributed by atoms with Gasteiger partial charge in [-0.3, -0.25) is 0 Å². The zero-order valence-corrected chi connectivity index (χ0v) is 10.5. The van der Waals surface area contributed by atoms with E-state index in [4.69, 9.17) is 9.47 Å². The normalized spacial score (nSPS) is 13.6. The molecule has 0 N–H and O–H groups in total. The van der Waals surface area contributed by atoms with E-state index in [1.54, 1.807) is 14.2 Å². The fourth-order valence-electron chi connectivity index (χ4n) is 1.58. The summed E-state index contributed by atoms with van der Waals surface area (Å²) in [6.45, 7) is 8.37. The zero-order valence-electron chi connectivity index (χ0n) is 10.5. The zero-order chi connectivity index (χ0) is 12.1. The van der Waals surface area contributed by atoms with Gasteiger partial charge in [0.25, 0.3) is 0 Å². The quantitative estimate of drug-likeness (QED) is 0.772. The second kappa shape index (κ2) is 5.59. The average molecular weight is 220 g/mol. The molecule has 16 heavy (non-hydrogen) atoms. The van der Waals surface area contributed by atoms with Gasteiger partial charge in [-0.15, -0.1) is 0 Å². The molecule has 0 aromatic heterocycles. The first kappa shape index (κ1) is 12.6. The Bertz CT molecular complexity index is 449. The van der Waals surface area contributed by atoms with Crippen molar-refractivity contribution in [3.05, 3.63) is 22.6 Å². The number of methoxy groups -OCH3 is 2. The molecule has 0 aliphatic carbocycles. The third-order valence-electron chi connectivity index (χ3n) is 2.77. The summed E-state index contributed by atoms with van der Waals surface area (Å²) in [5.74, 6) is 2.03. The molecule has 0 aliphatic heterocycles. The fourth-order valence-corrected chi connectivity index (χ4v) is 1.58. The third kappa shape index (κ3) is 2.57. The standard InChI is InChI=1S/C14H20O2/c1-6-10(2)9-12-11(3)7-8-13(15-4)14(12)16-5/h7-10H,3,6H2,1-2,4-5H3. The van der Waals surface area contributed by atoms with E-state index in [9.17, 15) is 0 Å². The maximum atomic E-state index is 5.40. The predicted molar refractivity (Wildman–Crippen MR) is 68.2 cm³/mol. The minimum atomic E-state index is 0.501. The summed E-state index contributed by atoms with van der Waals surface area (Å²) in [6, 6.07) is 3.84. The van der Waals surface area contributed by atoms with Crippen LogP contribution in [0.4, 0.5) is 0 Å². The van der Waals surface area contributed by atoms with E-state index < -0.39 is 0 Å². The molecule has 0 saturated carbocycles. The van der Waals surface area contributed by atoms with E-state index >= 15 is 0 Å². The van der Waals surface area contributed by atoms with Crippen LogP contribution in [0.1, 0.15) is 20.3 Å². The molecule has 1 rings (SSSR count). The van der Waals surface area contributed by atoms with Gasteiger partial charge in [-0.05, 0) is 17.2 Å². The van der Waals surface area contributed by atoms with Gasteiger partial charge in [0.15, 0.2) is 11.5 Å². The minimum Gasteiger partial charge on any atom is -0.493 e. The Morgan fingerprint density at radius 3 is 2.50 bits per heavy atom. The second-order valence-electron chi connectivity index (χ2n) is 3.93. The summed E-state index contributed by atoms with van der Waals surface area (Å²) in [6.07, 6.45) is 3.28. The van der Waals surface area contributed by atoms with Gasteiger partial charge in [0.05, 0.1) is 14.2 Å². The van der Waals surface area contributed by atoms with Gasteiger partial charge in [0.2, 0.25) is 0 Å². The van der Waals surface area contributed by atoms with E-state index in [-0.39, 0.29) is 0 Å². The van der Waals surface area contributed by atoms with Gasteiger partial charge >= 0.3 is 0 Å². The van der Waals surface area contributed by atoms with E-state index in [0.29, 0.717) is 5.92 Å². The first-order chi connectivity index (χ1) is 7.63. The fraction of sp³-hybridized carbons (Fsp3) is 0.429. The Hall–Kier alpha value is -1.44. The van der Waals surface area contributed by atoms with E-state index in [2.05, 4.69) is 26.5 Å². The lowest BCUT2D eigenvalue weighted by Crippen LogP contribution is -2.26. The lowest BCUT2D eigenvalue weighted by molar-refractivity contribution is 0.352. The van der Waals surface area contributed by atoms with Crippen molar-refractivity contribution < 1.29 is 9.47 Å². The molecule has 1 unspecified atom stereocenters. The van der Waals surface area contributed by atoms with Crippen molar-refractivity contribution in [2.24, 2.45) is 5.92 Å². The summed E-state index contributed by atoms with van der Waals surface area (Å²) < 4.78 is 10.7. The van der Waals surface area contributed by atoms with Crippen LogP contribution in [-0.4, -0.2) is 14.2 Å². The number of hydrogen-bond donors (Lipinski definition) is 0. The largest absolute Gasteiger partial charge is 0.493 e. The minimum absolute atomic E-state index is 0.501. The molecule has 2 heteroatoms. The topological polar surface area (TPSA) is 18.5 Å². The van der Waals surface area contributed by atoms with Crippen LogP contribution < -0.4 is 19.9 Å². The van der Waals surface area contributed by atoms with Crippen molar-refractivity contribution >= 4 is 12.7 Å². The van der Waals surface area contributed by atoms with Crippen LogP contribution >= 0.6 is 0 Å². The molecule has 88 valence electrons. The smallest absolute Gasteiger partial charge is 0.168 e. The van der Waals surface area contributed by atoms with Gasteiger partial charge in [0, 0.05) is 5.22 Å². The Labute approximate surface area is 97.2 Å². The van der Waals surface area contributed by atoms with Crippen molar-refractivity contribution in [3.63, 3.8) is 0 Å². The van der Waals surface area contributed by atoms with Crippen molar-refractivity contribution in [2.45, 2.75) is 20.3 Å². The third-order valence-corrected chi connectivity index (χ3v) is 2.77. The van der Waals surface area contributed by atoms with Crippen molar-refractivity contribution in [2.75, 3.05) is 14.2 Å². The maximum Gasteiger partial charge on any atom is 0.168 e. The molecular formula is C14H20O2. The van der Waals surface area contributed by atoms with Gasteiger partial charge in [-0.25, -0.2) is 0 Å². The summed E-state index contributed by atoms with van der Waals surface area (Å²) >= 11 is 0. The van der Waals surface area contributed by atoms with E-state index in [0.717, 1.165) is 28.4 Å². The molecule has 1 aromatic rings. The number of rotatable bonds is 4. The molecule has 0 aliphatic rings. The molecule has 0 spiro atoms. The summed E-state index contributed by atoms with van der Waals surface area (Å²) in [7, 11) is 3.30. The molecule has 1 aromatic carbocycles. The molecule has 0 heterocycles. The Morgan fingerprint density at radius 2 is 2.00 bits per heavy atom. The molecular weight excluding hydrogens is 200 g/mol. The van der Waals surface area contributed by atoms with Crippen LogP contribution in [0.3, 0.4) is 0 Å². The van der Waals surface area contributed by atoms with Gasteiger partial charge < -0.3 is 9.47 Å². The molecule has 1 atom stereocenters. The summed E-state index contributed by atoms with van der Waals surface area (Å²) in [5.41, 5.74) is 0. The van der Waals surface area contributed by atoms with Gasteiger partial charge in [0.1, 0.15) is 0 Å².